The molecule has 35 heavy (non-hydrogen) atoms. The number of H-pyrrole nitrogens is 1. The lowest BCUT2D eigenvalue weighted by molar-refractivity contribution is -0.140. The lowest BCUT2D eigenvalue weighted by atomic mass is 9.90. The number of aromatic amines is 1. The molecule has 1 aliphatic heterocycles. The van der Waals surface area contributed by atoms with Crippen LogP contribution in [0.1, 0.15) is 28.6 Å². The number of halogens is 1. The number of amides is 1. The minimum absolute atomic E-state index is 0.0396. The van der Waals surface area contributed by atoms with Gasteiger partial charge in [0.25, 0.3) is 5.56 Å². The number of ether oxygens (including phenoxy) is 1. The van der Waals surface area contributed by atoms with Crippen LogP contribution in [0.15, 0.2) is 45.7 Å². The molecule has 1 aromatic carbocycles. The van der Waals surface area contributed by atoms with E-state index < -0.39 is 19.7 Å². The number of hydrogen-bond acceptors (Lipinski definition) is 6. The van der Waals surface area contributed by atoms with Gasteiger partial charge >= 0.3 is 0 Å². The van der Waals surface area contributed by atoms with Gasteiger partial charge < -0.3 is 14.2 Å². The third kappa shape index (κ3) is 5.27. The number of hydrogen-bond donors (Lipinski definition) is 1. The molecule has 0 bridgehead atoms. The van der Waals surface area contributed by atoms with Gasteiger partial charge in [0.1, 0.15) is 17.6 Å². The Bertz CT molecular complexity index is 1330. The third-order valence-corrected chi connectivity index (χ3v) is 8.16. The summed E-state index contributed by atoms with van der Waals surface area (Å²) in [6, 6.07) is 8.68. The van der Waals surface area contributed by atoms with E-state index in [1.54, 1.807) is 24.3 Å². The summed E-state index contributed by atoms with van der Waals surface area (Å²) in [6.45, 7) is 6.45. The molecule has 0 aliphatic carbocycles. The molecule has 1 atom stereocenters. The topological polar surface area (TPSA) is 106 Å². The second-order valence-corrected chi connectivity index (χ2v) is 14.7. The van der Waals surface area contributed by atoms with E-state index in [1.807, 2.05) is 0 Å². The Morgan fingerprint density at radius 3 is 2.60 bits per heavy atom. The van der Waals surface area contributed by atoms with E-state index in [9.17, 15) is 18.8 Å². The van der Waals surface area contributed by atoms with Crippen LogP contribution >= 0.6 is 0 Å². The molecule has 0 saturated carbocycles. The molecule has 1 aliphatic rings. The fourth-order valence-corrected chi connectivity index (χ4v) is 5.80. The van der Waals surface area contributed by atoms with Gasteiger partial charge in [-0.15, -0.1) is 0 Å². The first-order chi connectivity index (χ1) is 16.6. The first kappa shape index (κ1) is 24.6. The van der Waals surface area contributed by atoms with Crippen molar-refractivity contribution in [3.8, 4) is 5.88 Å². The van der Waals surface area contributed by atoms with Crippen LogP contribution in [0.25, 0.3) is 0 Å². The number of ketones is 1. The molecule has 4 rings (SSSR count). The molecule has 0 radical (unpaired) electrons. The van der Waals surface area contributed by atoms with Gasteiger partial charge in [-0.25, -0.2) is 9.37 Å². The summed E-state index contributed by atoms with van der Waals surface area (Å²) in [7, 11) is -0.344. The Balaban J connectivity index is 1.65. The Kier molecular flexibility index (Phi) is 6.75. The van der Waals surface area contributed by atoms with E-state index in [0.29, 0.717) is 34.3 Å². The molecule has 8 nitrogen and oxygen atoms in total. The van der Waals surface area contributed by atoms with Crippen molar-refractivity contribution in [2.24, 2.45) is 0 Å². The van der Waals surface area contributed by atoms with Crippen LogP contribution in [0.4, 0.5) is 4.39 Å². The maximum atomic E-state index is 14.8. The normalized spacial score (nSPS) is 15.6. The standard InChI is InChI=1S/C25H28FN3O5Si/c1-33-23-8-6-17-19(27-23)9-10-29(24(32)14-16-13-22(31)28-34-16)25(17)20(30)12-15-5-7-21(18(26)11-15)35(2,3)4/h5-8,11,13,25H,9-10,12,14H2,1-4H3,(H,28,31)/t25-/m1/s1. The van der Waals surface area contributed by atoms with Crippen molar-refractivity contribution in [2.45, 2.75) is 44.9 Å². The summed E-state index contributed by atoms with van der Waals surface area (Å²) in [6.07, 6.45) is 0.238. The first-order valence-electron chi connectivity index (χ1n) is 11.4. The summed E-state index contributed by atoms with van der Waals surface area (Å²) >= 11 is 0. The number of benzene rings is 1. The van der Waals surface area contributed by atoms with Crippen LogP contribution in [0.5, 0.6) is 5.88 Å². The quantitative estimate of drug-likeness (QED) is 0.503. The van der Waals surface area contributed by atoms with Crippen molar-refractivity contribution in [3.63, 3.8) is 0 Å². The fourth-order valence-electron chi connectivity index (χ4n) is 4.43. The van der Waals surface area contributed by atoms with Gasteiger partial charge in [-0.2, -0.15) is 5.16 Å². The van der Waals surface area contributed by atoms with E-state index in [-0.39, 0.29) is 42.7 Å². The van der Waals surface area contributed by atoms with E-state index in [4.69, 9.17) is 9.26 Å². The molecule has 0 saturated heterocycles. The molecule has 10 heteroatoms. The fraction of sp³-hybridized carbons (Fsp3) is 0.360. The van der Waals surface area contributed by atoms with Crippen LogP contribution < -0.4 is 15.5 Å². The number of pyridine rings is 1. The summed E-state index contributed by atoms with van der Waals surface area (Å²) in [5.41, 5.74) is 1.40. The van der Waals surface area contributed by atoms with E-state index in [2.05, 4.69) is 29.8 Å². The molecule has 2 aromatic heterocycles. The third-order valence-electron chi connectivity index (χ3n) is 6.13. The lowest BCUT2D eigenvalue weighted by Gasteiger charge is -2.36. The Hall–Kier alpha value is -3.53. The van der Waals surface area contributed by atoms with Gasteiger partial charge in [-0.1, -0.05) is 31.8 Å². The molecule has 0 fully saturated rings. The Morgan fingerprint density at radius 1 is 1.20 bits per heavy atom. The number of rotatable bonds is 7. The highest BCUT2D eigenvalue weighted by atomic mass is 28.3. The van der Waals surface area contributed by atoms with E-state index in [1.165, 1.54) is 24.1 Å². The van der Waals surface area contributed by atoms with E-state index in [0.717, 1.165) is 0 Å². The number of nitrogens with zero attached hydrogens (tertiary/aromatic N) is 2. The number of fused-ring (bicyclic) bond motifs is 1. The second-order valence-electron chi connectivity index (χ2n) is 9.69. The predicted octanol–water partition coefficient (Wildman–Crippen LogP) is 2.54. The number of aromatic nitrogens is 2. The SMILES string of the molecule is COc1ccc2c(n1)CCN(C(=O)Cc1cc(=O)[nH]o1)[C@H]2C(=O)Cc1ccc([Si](C)(C)C)c(F)c1. The van der Waals surface area contributed by atoms with Crippen LogP contribution in [0.2, 0.25) is 19.6 Å². The number of methoxy groups -OCH3 is 1. The zero-order valence-electron chi connectivity index (χ0n) is 20.2. The Morgan fingerprint density at radius 2 is 1.97 bits per heavy atom. The zero-order chi connectivity index (χ0) is 25.3. The average Bonchev–Trinajstić information content (AvgIpc) is 3.21. The highest BCUT2D eigenvalue weighted by molar-refractivity contribution is 6.88. The monoisotopic (exact) mass is 497 g/mol. The van der Waals surface area contributed by atoms with Gasteiger partial charge in [0.05, 0.1) is 27.3 Å². The Labute approximate surface area is 203 Å². The number of Topliss-reactive ketones (excluding diaryl/α,β-unsaturated/α-hetero) is 1. The highest BCUT2D eigenvalue weighted by Crippen LogP contribution is 2.32. The van der Waals surface area contributed by atoms with Crippen molar-refractivity contribution in [3.05, 3.63) is 75.2 Å². The van der Waals surface area contributed by atoms with Crippen LogP contribution in [-0.2, 0) is 28.9 Å². The first-order valence-corrected chi connectivity index (χ1v) is 14.9. The van der Waals surface area contributed by atoms with Crippen molar-refractivity contribution in [2.75, 3.05) is 13.7 Å². The lowest BCUT2D eigenvalue weighted by Crippen LogP contribution is -2.45. The van der Waals surface area contributed by atoms with Gasteiger partial charge in [-0.3, -0.25) is 14.4 Å². The van der Waals surface area contributed by atoms with Gasteiger partial charge in [0.2, 0.25) is 11.8 Å². The minimum Gasteiger partial charge on any atom is -0.481 e. The van der Waals surface area contributed by atoms with Gasteiger partial charge in [0.15, 0.2) is 5.78 Å². The number of nitrogens with one attached hydrogen (secondary N) is 1. The molecular formula is C25H28FN3O5Si. The summed E-state index contributed by atoms with van der Waals surface area (Å²) in [5.74, 6) is -0.295. The summed E-state index contributed by atoms with van der Waals surface area (Å²) in [4.78, 5) is 44.1. The van der Waals surface area contributed by atoms with Crippen LogP contribution in [0, 0.1) is 5.82 Å². The predicted molar refractivity (Wildman–Crippen MR) is 130 cm³/mol. The summed E-state index contributed by atoms with van der Waals surface area (Å²) < 4.78 is 25.1. The van der Waals surface area contributed by atoms with Crippen molar-refractivity contribution in [1.29, 1.82) is 0 Å². The number of carbonyl (C=O) groups excluding carboxylic acids is 2. The van der Waals surface area contributed by atoms with Crippen molar-refractivity contribution in [1.82, 2.24) is 15.0 Å². The molecule has 184 valence electrons. The highest BCUT2D eigenvalue weighted by Gasteiger charge is 2.37. The second kappa shape index (κ2) is 9.61. The van der Waals surface area contributed by atoms with Crippen molar-refractivity contribution >= 4 is 25.0 Å². The molecule has 0 unspecified atom stereocenters. The minimum atomic E-state index is -1.86. The van der Waals surface area contributed by atoms with E-state index >= 15 is 0 Å². The molecule has 3 heterocycles. The van der Waals surface area contributed by atoms with Gasteiger partial charge in [-0.05, 0) is 22.9 Å². The van der Waals surface area contributed by atoms with Crippen LogP contribution in [-0.4, -0.2) is 48.5 Å². The van der Waals surface area contributed by atoms with Crippen molar-refractivity contribution < 1.29 is 23.2 Å². The molecule has 3 aromatic rings. The molecular weight excluding hydrogens is 469 g/mol. The smallest absolute Gasteiger partial charge is 0.280 e. The molecule has 0 spiro atoms. The summed E-state index contributed by atoms with van der Waals surface area (Å²) in [5, 5.41) is 2.87. The maximum absolute atomic E-state index is 14.8. The molecule has 1 N–H and O–H groups in total. The number of carbonyl (C=O) groups is 2. The van der Waals surface area contributed by atoms with Crippen LogP contribution in [0.3, 0.4) is 0 Å². The average molecular weight is 498 g/mol. The maximum Gasteiger partial charge on any atom is 0.280 e. The zero-order valence-corrected chi connectivity index (χ0v) is 21.2. The van der Waals surface area contributed by atoms with Gasteiger partial charge in [0, 0.05) is 37.1 Å². The largest absolute Gasteiger partial charge is 0.481 e. The molecule has 1 amide bonds.